The molecule has 1 unspecified atom stereocenters. The lowest BCUT2D eigenvalue weighted by Gasteiger charge is -2.23. The Bertz CT molecular complexity index is 904. The Morgan fingerprint density at radius 1 is 1.19 bits per heavy atom. The zero-order chi connectivity index (χ0) is 17.9. The summed E-state index contributed by atoms with van der Waals surface area (Å²) in [5.74, 6) is 0. The van der Waals surface area contributed by atoms with Gasteiger partial charge in [-0.25, -0.2) is 9.78 Å². The average molecular weight is 346 g/mol. The Balaban J connectivity index is 1.42. The van der Waals surface area contributed by atoms with Gasteiger partial charge in [-0.05, 0) is 36.1 Å². The molecule has 4 rings (SSSR count). The van der Waals surface area contributed by atoms with Crippen molar-refractivity contribution in [3.8, 4) is 0 Å². The van der Waals surface area contributed by atoms with Crippen molar-refractivity contribution in [2.45, 2.75) is 32.5 Å². The van der Waals surface area contributed by atoms with Crippen LogP contribution in [0.4, 0.5) is 10.5 Å². The molecule has 2 amide bonds. The first-order chi connectivity index (χ1) is 12.7. The molecule has 2 aromatic carbocycles. The Morgan fingerprint density at radius 3 is 2.88 bits per heavy atom. The number of para-hydroxylation sites is 1. The van der Waals surface area contributed by atoms with Gasteiger partial charge in [-0.3, -0.25) is 4.90 Å². The Kier molecular flexibility index (Phi) is 4.44. The summed E-state index contributed by atoms with van der Waals surface area (Å²) in [5.41, 5.74) is 4.54. The van der Waals surface area contributed by atoms with Crippen molar-refractivity contribution in [2.75, 3.05) is 4.90 Å². The summed E-state index contributed by atoms with van der Waals surface area (Å²) >= 11 is 0. The van der Waals surface area contributed by atoms with Crippen LogP contribution in [0.5, 0.6) is 0 Å². The van der Waals surface area contributed by atoms with E-state index >= 15 is 0 Å². The van der Waals surface area contributed by atoms with E-state index in [1.54, 1.807) is 12.5 Å². The molecule has 26 heavy (non-hydrogen) atoms. The maximum absolute atomic E-state index is 12.7. The summed E-state index contributed by atoms with van der Waals surface area (Å²) in [5, 5.41) is 3.07. The van der Waals surface area contributed by atoms with Crippen molar-refractivity contribution in [1.82, 2.24) is 14.9 Å². The highest BCUT2D eigenvalue weighted by atomic mass is 16.2. The van der Waals surface area contributed by atoms with Crippen molar-refractivity contribution < 1.29 is 4.79 Å². The number of anilines is 1. The number of benzene rings is 2. The maximum Gasteiger partial charge on any atom is 0.322 e. The van der Waals surface area contributed by atoms with E-state index in [2.05, 4.69) is 35.4 Å². The number of carbonyl (C=O) groups is 1. The van der Waals surface area contributed by atoms with Gasteiger partial charge in [-0.2, -0.15) is 0 Å². The van der Waals surface area contributed by atoms with Crippen LogP contribution in [-0.2, 0) is 19.5 Å². The zero-order valence-electron chi connectivity index (χ0n) is 14.8. The summed E-state index contributed by atoms with van der Waals surface area (Å²) < 4.78 is 2.03. The third-order valence-electron chi connectivity index (χ3n) is 4.79. The van der Waals surface area contributed by atoms with Crippen LogP contribution in [0.25, 0.3) is 0 Å². The molecular formula is C21H22N4O. The van der Waals surface area contributed by atoms with Crippen LogP contribution in [0, 0.1) is 0 Å². The molecule has 0 aliphatic carbocycles. The van der Waals surface area contributed by atoms with Crippen LogP contribution in [0.15, 0.2) is 67.3 Å². The maximum atomic E-state index is 12.7. The highest BCUT2D eigenvalue weighted by molar-refractivity contribution is 5.94. The number of aromatic nitrogens is 2. The van der Waals surface area contributed by atoms with E-state index in [4.69, 9.17) is 0 Å². The van der Waals surface area contributed by atoms with Crippen LogP contribution < -0.4 is 10.2 Å². The highest BCUT2D eigenvalue weighted by Crippen LogP contribution is 2.31. The summed E-state index contributed by atoms with van der Waals surface area (Å²) in [6, 6.07) is 16.5. The first-order valence-corrected chi connectivity index (χ1v) is 8.89. The van der Waals surface area contributed by atoms with Crippen LogP contribution >= 0.6 is 0 Å². The normalized spacial score (nSPS) is 15.7. The smallest absolute Gasteiger partial charge is 0.322 e. The van der Waals surface area contributed by atoms with Crippen molar-refractivity contribution in [1.29, 1.82) is 0 Å². The lowest BCUT2D eigenvalue weighted by atomic mass is 10.1. The topological polar surface area (TPSA) is 50.2 Å². The predicted molar refractivity (Wildman–Crippen MR) is 102 cm³/mol. The van der Waals surface area contributed by atoms with E-state index in [9.17, 15) is 4.79 Å². The van der Waals surface area contributed by atoms with E-state index in [0.717, 1.165) is 24.2 Å². The molecule has 0 saturated carbocycles. The molecule has 2 heterocycles. The van der Waals surface area contributed by atoms with Gasteiger partial charge in [0, 0.05) is 37.2 Å². The number of nitrogens with zero attached hydrogens (tertiary/aromatic N) is 3. The SMILES string of the molecule is CC1Cc2ccccc2N1C(=O)NCc1cccc(Cn2ccnc2)c1. The molecule has 1 aliphatic rings. The number of nitrogens with one attached hydrogen (secondary N) is 1. The molecule has 1 N–H and O–H groups in total. The van der Waals surface area contributed by atoms with E-state index in [1.807, 2.05) is 46.0 Å². The van der Waals surface area contributed by atoms with Crippen molar-refractivity contribution in [3.05, 3.63) is 83.9 Å². The molecule has 0 fully saturated rings. The Labute approximate surface area is 153 Å². The quantitative estimate of drug-likeness (QED) is 0.785. The number of fused-ring (bicyclic) bond motifs is 1. The molecule has 132 valence electrons. The van der Waals surface area contributed by atoms with E-state index in [-0.39, 0.29) is 12.1 Å². The number of hydrogen-bond acceptors (Lipinski definition) is 2. The largest absolute Gasteiger partial charge is 0.334 e. The number of rotatable bonds is 4. The van der Waals surface area contributed by atoms with Crippen LogP contribution in [-0.4, -0.2) is 21.6 Å². The number of carbonyl (C=O) groups excluding carboxylic acids is 1. The molecule has 1 aromatic heterocycles. The van der Waals surface area contributed by atoms with Crippen LogP contribution in [0.1, 0.15) is 23.6 Å². The zero-order valence-corrected chi connectivity index (χ0v) is 14.8. The fraction of sp³-hybridized carbons (Fsp3) is 0.238. The van der Waals surface area contributed by atoms with Gasteiger partial charge in [0.15, 0.2) is 0 Å². The third kappa shape index (κ3) is 3.33. The second-order valence-corrected chi connectivity index (χ2v) is 6.77. The van der Waals surface area contributed by atoms with Crippen LogP contribution in [0.2, 0.25) is 0 Å². The van der Waals surface area contributed by atoms with Crippen molar-refractivity contribution in [2.24, 2.45) is 0 Å². The fourth-order valence-electron chi connectivity index (χ4n) is 3.57. The minimum atomic E-state index is -0.0394. The van der Waals surface area contributed by atoms with Crippen molar-refractivity contribution >= 4 is 11.7 Å². The van der Waals surface area contributed by atoms with Gasteiger partial charge in [-0.15, -0.1) is 0 Å². The highest BCUT2D eigenvalue weighted by Gasteiger charge is 2.30. The summed E-state index contributed by atoms with van der Waals surface area (Å²) in [7, 11) is 0. The Morgan fingerprint density at radius 2 is 2.04 bits per heavy atom. The number of imidazole rings is 1. The third-order valence-corrected chi connectivity index (χ3v) is 4.79. The molecule has 5 heteroatoms. The van der Waals surface area contributed by atoms with E-state index in [0.29, 0.717) is 6.54 Å². The van der Waals surface area contributed by atoms with Gasteiger partial charge in [0.1, 0.15) is 0 Å². The Hall–Kier alpha value is -3.08. The van der Waals surface area contributed by atoms with Gasteiger partial charge in [-0.1, -0.05) is 42.5 Å². The van der Waals surface area contributed by atoms with Gasteiger partial charge in [0.2, 0.25) is 0 Å². The second-order valence-electron chi connectivity index (χ2n) is 6.77. The van der Waals surface area contributed by atoms with Gasteiger partial charge < -0.3 is 9.88 Å². The minimum Gasteiger partial charge on any atom is -0.334 e. The molecule has 0 saturated heterocycles. The molecule has 0 bridgehead atoms. The number of hydrogen-bond donors (Lipinski definition) is 1. The van der Waals surface area contributed by atoms with Gasteiger partial charge >= 0.3 is 6.03 Å². The molecular weight excluding hydrogens is 324 g/mol. The van der Waals surface area contributed by atoms with Crippen molar-refractivity contribution in [3.63, 3.8) is 0 Å². The monoisotopic (exact) mass is 346 g/mol. The summed E-state index contributed by atoms with van der Waals surface area (Å²) in [6.45, 7) is 3.38. The molecule has 0 radical (unpaired) electrons. The van der Waals surface area contributed by atoms with Crippen LogP contribution in [0.3, 0.4) is 0 Å². The van der Waals surface area contributed by atoms with E-state index in [1.165, 1.54) is 11.1 Å². The summed E-state index contributed by atoms with van der Waals surface area (Å²) in [6.07, 6.45) is 6.43. The lowest BCUT2D eigenvalue weighted by molar-refractivity contribution is 0.244. The number of urea groups is 1. The first kappa shape index (κ1) is 16.4. The molecule has 0 spiro atoms. The predicted octanol–water partition coefficient (Wildman–Crippen LogP) is 3.59. The van der Waals surface area contributed by atoms with E-state index < -0.39 is 0 Å². The fourth-order valence-corrected chi connectivity index (χ4v) is 3.57. The molecule has 3 aromatic rings. The second kappa shape index (κ2) is 7.04. The van der Waals surface area contributed by atoms with Gasteiger partial charge in [0.05, 0.1) is 6.33 Å². The molecule has 1 atom stereocenters. The average Bonchev–Trinajstić information content (AvgIpc) is 3.26. The minimum absolute atomic E-state index is 0.0394. The standard InChI is InChI=1S/C21H22N4O/c1-16-11-19-7-2-3-8-20(19)25(16)21(26)23-13-17-5-4-6-18(12-17)14-24-10-9-22-15-24/h2-10,12,15-16H,11,13-14H2,1H3,(H,23,26). The summed E-state index contributed by atoms with van der Waals surface area (Å²) in [4.78, 5) is 18.7. The molecule has 1 aliphatic heterocycles. The van der Waals surface area contributed by atoms with Gasteiger partial charge in [0.25, 0.3) is 0 Å². The first-order valence-electron chi connectivity index (χ1n) is 8.89. The lowest BCUT2D eigenvalue weighted by Crippen LogP contribution is -2.42. The molecule has 5 nitrogen and oxygen atoms in total. The number of amides is 2.